The summed E-state index contributed by atoms with van der Waals surface area (Å²) in [6, 6.07) is -0.00175. The van der Waals surface area contributed by atoms with Crippen LogP contribution in [0.3, 0.4) is 0 Å². The van der Waals surface area contributed by atoms with Crippen molar-refractivity contribution in [1.82, 2.24) is 14.5 Å². The van der Waals surface area contributed by atoms with Crippen molar-refractivity contribution in [2.45, 2.75) is 51.9 Å². The molecule has 5 heteroatoms. The van der Waals surface area contributed by atoms with E-state index in [1.807, 2.05) is 24.9 Å². The molecule has 2 heterocycles. The highest BCUT2D eigenvalue weighted by molar-refractivity contribution is 5.80. The number of hydrogen-bond donors (Lipinski definition) is 1. The molecule has 1 saturated heterocycles. The molecule has 0 bridgehead atoms. The molecule has 2 rings (SSSR count). The molecule has 0 unspecified atom stereocenters. The topological polar surface area (TPSA) is 64.2 Å². The standard InChI is InChI=1S/C12H20N4O/c1-4-15-7-14-6-10(15)12-9(13)5-11(17)16(12)8(2)3/h6-9,12H,4-5,13H2,1-3H3/t9-,12-/m1/s1. The normalized spacial score (nSPS) is 25.0. The van der Waals surface area contributed by atoms with Crippen molar-refractivity contribution in [2.24, 2.45) is 5.73 Å². The molecule has 0 aromatic carbocycles. The van der Waals surface area contributed by atoms with Crippen LogP contribution in [0.25, 0.3) is 0 Å². The Balaban J connectivity index is 2.38. The minimum absolute atomic E-state index is 0.0371. The highest BCUT2D eigenvalue weighted by Crippen LogP contribution is 2.33. The van der Waals surface area contributed by atoms with Gasteiger partial charge < -0.3 is 15.2 Å². The molecule has 5 nitrogen and oxygen atoms in total. The van der Waals surface area contributed by atoms with Gasteiger partial charge in [-0.05, 0) is 20.8 Å². The first-order chi connectivity index (χ1) is 8.06. The summed E-state index contributed by atoms with van der Waals surface area (Å²) in [4.78, 5) is 18.0. The zero-order chi connectivity index (χ0) is 12.6. The molecule has 2 N–H and O–H groups in total. The van der Waals surface area contributed by atoms with Gasteiger partial charge in [0.2, 0.25) is 5.91 Å². The zero-order valence-corrected chi connectivity index (χ0v) is 10.6. The first-order valence-corrected chi connectivity index (χ1v) is 6.13. The van der Waals surface area contributed by atoms with Crippen LogP contribution in [0.5, 0.6) is 0 Å². The van der Waals surface area contributed by atoms with Crippen LogP contribution in [-0.4, -0.2) is 32.4 Å². The fourth-order valence-corrected chi connectivity index (χ4v) is 2.59. The van der Waals surface area contributed by atoms with Crippen LogP contribution in [0.4, 0.5) is 0 Å². The Hall–Kier alpha value is -1.36. The summed E-state index contributed by atoms with van der Waals surface area (Å²) in [6.07, 6.45) is 4.04. The third kappa shape index (κ3) is 1.95. The van der Waals surface area contributed by atoms with Gasteiger partial charge in [0.05, 0.1) is 24.3 Å². The maximum absolute atomic E-state index is 11.9. The van der Waals surface area contributed by atoms with Crippen molar-refractivity contribution in [1.29, 1.82) is 0 Å². The molecule has 0 aliphatic carbocycles. The summed E-state index contributed by atoms with van der Waals surface area (Å²) in [5.74, 6) is 0.140. The molecule has 2 atom stereocenters. The molecule has 1 amide bonds. The van der Waals surface area contributed by atoms with Crippen molar-refractivity contribution in [2.75, 3.05) is 0 Å². The second kappa shape index (κ2) is 4.49. The number of carbonyl (C=O) groups excluding carboxylic acids is 1. The molecule has 0 saturated carbocycles. The minimum atomic E-state index is -0.133. The zero-order valence-electron chi connectivity index (χ0n) is 10.6. The number of imidazole rings is 1. The minimum Gasteiger partial charge on any atom is -0.333 e. The van der Waals surface area contributed by atoms with E-state index in [-0.39, 0.29) is 24.0 Å². The van der Waals surface area contributed by atoms with E-state index in [1.54, 1.807) is 6.33 Å². The highest BCUT2D eigenvalue weighted by Gasteiger charge is 2.41. The number of nitrogens with zero attached hydrogens (tertiary/aromatic N) is 3. The Morgan fingerprint density at radius 2 is 2.29 bits per heavy atom. The Labute approximate surface area is 102 Å². The second-order valence-electron chi connectivity index (χ2n) is 4.81. The highest BCUT2D eigenvalue weighted by atomic mass is 16.2. The third-order valence-electron chi connectivity index (χ3n) is 3.35. The lowest BCUT2D eigenvalue weighted by atomic mass is 10.1. The monoisotopic (exact) mass is 236 g/mol. The van der Waals surface area contributed by atoms with E-state index in [1.165, 1.54) is 0 Å². The van der Waals surface area contributed by atoms with Crippen LogP contribution in [-0.2, 0) is 11.3 Å². The summed E-state index contributed by atoms with van der Waals surface area (Å²) in [5.41, 5.74) is 7.15. The molecular formula is C12H20N4O. The van der Waals surface area contributed by atoms with Crippen molar-refractivity contribution in [3.8, 4) is 0 Å². The van der Waals surface area contributed by atoms with Gasteiger partial charge >= 0.3 is 0 Å². The van der Waals surface area contributed by atoms with E-state index in [4.69, 9.17) is 5.73 Å². The quantitative estimate of drug-likeness (QED) is 0.848. The number of hydrogen-bond acceptors (Lipinski definition) is 3. The Bertz CT molecular complexity index is 412. The SMILES string of the molecule is CCn1cncc1[C@H]1[C@H](N)CC(=O)N1C(C)C. The molecule has 1 aromatic heterocycles. The van der Waals surface area contributed by atoms with E-state index in [9.17, 15) is 4.79 Å². The smallest absolute Gasteiger partial charge is 0.225 e. The van der Waals surface area contributed by atoms with E-state index in [0.717, 1.165) is 12.2 Å². The number of nitrogens with two attached hydrogens (primary N) is 1. The molecule has 0 radical (unpaired) electrons. The average Bonchev–Trinajstić information content (AvgIpc) is 2.81. The largest absolute Gasteiger partial charge is 0.333 e. The van der Waals surface area contributed by atoms with Crippen LogP contribution >= 0.6 is 0 Å². The maximum atomic E-state index is 11.9. The maximum Gasteiger partial charge on any atom is 0.225 e. The van der Waals surface area contributed by atoms with Crippen LogP contribution < -0.4 is 5.73 Å². The molecule has 1 aliphatic rings. The van der Waals surface area contributed by atoms with Gasteiger partial charge in [-0.2, -0.15) is 0 Å². The summed E-state index contributed by atoms with van der Waals surface area (Å²) >= 11 is 0. The van der Waals surface area contributed by atoms with Gasteiger partial charge in [0.25, 0.3) is 0 Å². The molecule has 0 spiro atoms. The van der Waals surface area contributed by atoms with Crippen molar-refractivity contribution < 1.29 is 4.79 Å². The van der Waals surface area contributed by atoms with Crippen molar-refractivity contribution >= 4 is 5.91 Å². The summed E-state index contributed by atoms with van der Waals surface area (Å²) in [5, 5.41) is 0. The number of rotatable bonds is 3. The third-order valence-corrected chi connectivity index (χ3v) is 3.35. The van der Waals surface area contributed by atoms with Crippen molar-refractivity contribution in [3.63, 3.8) is 0 Å². The summed E-state index contributed by atoms with van der Waals surface area (Å²) in [6.45, 7) is 6.96. The Morgan fingerprint density at radius 1 is 1.59 bits per heavy atom. The summed E-state index contributed by atoms with van der Waals surface area (Å²) < 4.78 is 2.05. The molecule has 1 aromatic rings. The van der Waals surface area contributed by atoms with E-state index >= 15 is 0 Å². The Kier molecular flexibility index (Phi) is 3.19. The number of aryl methyl sites for hydroxylation is 1. The van der Waals surface area contributed by atoms with Crippen molar-refractivity contribution in [3.05, 3.63) is 18.2 Å². The van der Waals surface area contributed by atoms with E-state index in [0.29, 0.717) is 6.42 Å². The predicted molar refractivity (Wildman–Crippen MR) is 65.2 cm³/mol. The van der Waals surface area contributed by atoms with Gasteiger partial charge in [0.1, 0.15) is 0 Å². The first-order valence-electron chi connectivity index (χ1n) is 6.13. The van der Waals surface area contributed by atoms with E-state index in [2.05, 4.69) is 16.5 Å². The molecule has 1 aliphatic heterocycles. The first kappa shape index (κ1) is 12.1. The lowest BCUT2D eigenvalue weighted by Crippen LogP contribution is -2.38. The van der Waals surface area contributed by atoms with Crippen LogP contribution in [0.1, 0.15) is 38.9 Å². The number of amides is 1. The number of aromatic nitrogens is 2. The van der Waals surface area contributed by atoms with Gasteiger partial charge in [0.15, 0.2) is 0 Å². The second-order valence-corrected chi connectivity index (χ2v) is 4.81. The van der Waals surface area contributed by atoms with Gasteiger partial charge in [-0.3, -0.25) is 4.79 Å². The Morgan fingerprint density at radius 3 is 2.88 bits per heavy atom. The van der Waals surface area contributed by atoms with Gasteiger partial charge in [-0.15, -0.1) is 0 Å². The fourth-order valence-electron chi connectivity index (χ4n) is 2.59. The van der Waals surface area contributed by atoms with E-state index < -0.39 is 0 Å². The van der Waals surface area contributed by atoms with Gasteiger partial charge in [0, 0.05) is 25.0 Å². The van der Waals surface area contributed by atoms with Crippen LogP contribution in [0.15, 0.2) is 12.5 Å². The van der Waals surface area contributed by atoms with Gasteiger partial charge in [-0.25, -0.2) is 4.98 Å². The molecule has 94 valence electrons. The predicted octanol–water partition coefficient (Wildman–Crippen LogP) is 0.912. The number of likely N-dealkylation sites (tertiary alicyclic amines) is 1. The fraction of sp³-hybridized carbons (Fsp3) is 0.667. The average molecular weight is 236 g/mol. The van der Waals surface area contributed by atoms with Crippen LogP contribution in [0, 0.1) is 0 Å². The molecule has 1 fully saturated rings. The van der Waals surface area contributed by atoms with Crippen LogP contribution in [0.2, 0.25) is 0 Å². The lowest BCUT2D eigenvalue weighted by molar-refractivity contribution is -0.130. The molecular weight excluding hydrogens is 216 g/mol. The summed E-state index contributed by atoms with van der Waals surface area (Å²) in [7, 11) is 0. The van der Waals surface area contributed by atoms with Gasteiger partial charge in [-0.1, -0.05) is 0 Å². The number of carbonyl (C=O) groups is 1. The molecule has 17 heavy (non-hydrogen) atoms. The lowest BCUT2D eigenvalue weighted by Gasteiger charge is -2.30.